The lowest BCUT2D eigenvalue weighted by atomic mass is 10.1. The number of benzene rings is 1. The Hall–Kier alpha value is -1.71. The van der Waals surface area contributed by atoms with Crippen LogP contribution in [0.25, 0.3) is 22.2 Å². The molecule has 0 atom stereocenters. The highest BCUT2D eigenvalue weighted by atomic mass is 35.5. The molecule has 0 aliphatic heterocycles. The zero-order chi connectivity index (χ0) is 12.5. The maximum Gasteiger partial charge on any atom is 0.223 e. The van der Waals surface area contributed by atoms with E-state index in [4.69, 9.17) is 23.2 Å². The third-order valence-corrected chi connectivity index (χ3v) is 3.06. The summed E-state index contributed by atoms with van der Waals surface area (Å²) in [6.45, 7) is 0. The largest absolute Gasteiger partial charge is 0.248 e. The van der Waals surface area contributed by atoms with Gasteiger partial charge >= 0.3 is 0 Å². The molecule has 0 aliphatic rings. The average molecular weight is 276 g/mol. The van der Waals surface area contributed by atoms with Crippen LogP contribution in [0.4, 0.5) is 0 Å². The topological polar surface area (TPSA) is 38.7 Å². The molecular formula is C13H7Cl2N3. The summed E-state index contributed by atoms with van der Waals surface area (Å²) in [5.74, 6) is 0. The predicted octanol–water partition coefficient (Wildman–Crippen LogP) is 4.00. The Bertz CT molecular complexity index is 728. The number of fused-ring (bicyclic) bond motifs is 1. The van der Waals surface area contributed by atoms with E-state index < -0.39 is 0 Å². The van der Waals surface area contributed by atoms with Gasteiger partial charge in [0.2, 0.25) is 5.28 Å². The minimum atomic E-state index is 0.129. The number of para-hydroxylation sites is 1. The van der Waals surface area contributed by atoms with Gasteiger partial charge < -0.3 is 0 Å². The Balaban J connectivity index is 2.19. The Kier molecular flexibility index (Phi) is 2.86. The zero-order valence-corrected chi connectivity index (χ0v) is 10.7. The molecule has 3 aromatic rings. The second-order valence-corrected chi connectivity index (χ2v) is 4.43. The summed E-state index contributed by atoms with van der Waals surface area (Å²) in [5.41, 5.74) is 2.31. The normalized spacial score (nSPS) is 10.8. The van der Waals surface area contributed by atoms with Gasteiger partial charge in [0.05, 0.1) is 16.8 Å². The molecule has 3 rings (SSSR count). The zero-order valence-electron chi connectivity index (χ0n) is 9.14. The lowest BCUT2D eigenvalue weighted by Gasteiger charge is -2.04. The minimum Gasteiger partial charge on any atom is -0.248 e. The van der Waals surface area contributed by atoms with E-state index in [1.807, 2.05) is 36.4 Å². The average Bonchev–Trinajstić information content (AvgIpc) is 2.38. The van der Waals surface area contributed by atoms with Gasteiger partial charge in [-0.3, -0.25) is 0 Å². The summed E-state index contributed by atoms with van der Waals surface area (Å²) >= 11 is 11.7. The minimum absolute atomic E-state index is 0.129. The predicted molar refractivity (Wildman–Crippen MR) is 72.8 cm³/mol. The molecule has 0 aliphatic carbocycles. The van der Waals surface area contributed by atoms with Gasteiger partial charge in [-0.25, -0.2) is 15.0 Å². The van der Waals surface area contributed by atoms with E-state index in [1.54, 1.807) is 6.20 Å². The van der Waals surface area contributed by atoms with Crippen LogP contribution >= 0.6 is 23.2 Å². The molecule has 0 saturated heterocycles. The summed E-state index contributed by atoms with van der Waals surface area (Å²) in [6, 6.07) is 11.8. The van der Waals surface area contributed by atoms with Crippen LogP contribution in [0.5, 0.6) is 0 Å². The molecule has 88 valence electrons. The van der Waals surface area contributed by atoms with Crippen molar-refractivity contribution in [2.24, 2.45) is 0 Å². The number of hydrogen-bond acceptors (Lipinski definition) is 3. The molecule has 0 saturated carbocycles. The van der Waals surface area contributed by atoms with E-state index in [2.05, 4.69) is 15.0 Å². The van der Waals surface area contributed by atoms with Gasteiger partial charge in [0.25, 0.3) is 0 Å². The molecule has 0 unspecified atom stereocenters. The molecule has 0 bridgehead atoms. The van der Waals surface area contributed by atoms with Crippen molar-refractivity contribution in [2.45, 2.75) is 0 Å². The van der Waals surface area contributed by atoms with Crippen molar-refractivity contribution in [1.82, 2.24) is 15.0 Å². The van der Waals surface area contributed by atoms with Crippen molar-refractivity contribution >= 4 is 34.1 Å². The van der Waals surface area contributed by atoms with Crippen molar-refractivity contribution in [3.63, 3.8) is 0 Å². The number of hydrogen-bond donors (Lipinski definition) is 0. The molecule has 5 heteroatoms. The number of rotatable bonds is 1. The third-order valence-electron chi connectivity index (χ3n) is 2.59. The smallest absolute Gasteiger partial charge is 0.223 e. The van der Waals surface area contributed by atoms with Gasteiger partial charge in [-0.2, -0.15) is 0 Å². The summed E-state index contributed by atoms with van der Waals surface area (Å²) in [5, 5.41) is 1.51. The first kappa shape index (κ1) is 11.4. The second-order valence-electron chi connectivity index (χ2n) is 3.73. The van der Waals surface area contributed by atoms with Crippen LogP contribution in [0.15, 0.2) is 42.6 Å². The molecule has 0 radical (unpaired) electrons. The molecule has 2 aromatic heterocycles. The molecule has 0 amide bonds. The molecule has 0 spiro atoms. The molecule has 18 heavy (non-hydrogen) atoms. The van der Waals surface area contributed by atoms with Gasteiger partial charge in [-0.1, -0.05) is 35.9 Å². The third kappa shape index (κ3) is 2.03. The van der Waals surface area contributed by atoms with Crippen LogP contribution in [-0.2, 0) is 0 Å². The SMILES string of the molecule is Clc1ncc(-c2ccc3ccccc3n2)c(Cl)n1. The Morgan fingerprint density at radius 2 is 1.72 bits per heavy atom. The van der Waals surface area contributed by atoms with Crippen LogP contribution in [0, 0.1) is 0 Å². The van der Waals surface area contributed by atoms with E-state index in [1.165, 1.54) is 0 Å². The van der Waals surface area contributed by atoms with Crippen molar-refractivity contribution in [3.05, 3.63) is 53.0 Å². The van der Waals surface area contributed by atoms with Crippen LogP contribution < -0.4 is 0 Å². The Morgan fingerprint density at radius 1 is 0.889 bits per heavy atom. The lowest BCUT2D eigenvalue weighted by Crippen LogP contribution is -1.90. The van der Waals surface area contributed by atoms with Crippen LogP contribution in [0.2, 0.25) is 10.4 Å². The van der Waals surface area contributed by atoms with E-state index in [0.29, 0.717) is 10.7 Å². The Morgan fingerprint density at radius 3 is 2.56 bits per heavy atom. The van der Waals surface area contributed by atoms with Crippen LogP contribution in [0.3, 0.4) is 0 Å². The van der Waals surface area contributed by atoms with Gasteiger partial charge in [-0.15, -0.1) is 0 Å². The number of nitrogens with zero attached hydrogens (tertiary/aromatic N) is 3. The van der Waals surface area contributed by atoms with Crippen molar-refractivity contribution in [2.75, 3.05) is 0 Å². The first-order valence-corrected chi connectivity index (χ1v) is 6.04. The monoisotopic (exact) mass is 275 g/mol. The standard InChI is InChI=1S/C13H7Cl2N3/c14-12-9(7-16-13(15)18-12)11-6-5-8-3-1-2-4-10(8)17-11/h1-7H. The highest BCUT2D eigenvalue weighted by molar-refractivity contribution is 6.33. The molecule has 0 N–H and O–H groups in total. The van der Waals surface area contributed by atoms with E-state index in [0.717, 1.165) is 16.6 Å². The molecule has 0 fully saturated rings. The number of halogens is 2. The van der Waals surface area contributed by atoms with E-state index in [9.17, 15) is 0 Å². The van der Waals surface area contributed by atoms with Gasteiger partial charge in [0, 0.05) is 11.6 Å². The summed E-state index contributed by atoms with van der Waals surface area (Å²) < 4.78 is 0. The van der Waals surface area contributed by atoms with E-state index >= 15 is 0 Å². The molecular weight excluding hydrogens is 269 g/mol. The first-order valence-electron chi connectivity index (χ1n) is 5.28. The molecule has 2 heterocycles. The van der Waals surface area contributed by atoms with Gasteiger partial charge in [-0.05, 0) is 23.7 Å². The fraction of sp³-hybridized carbons (Fsp3) is 0. The van der Waals surface area contributed by atoms with Crippen molar-refractivity contribution in [1.29, 1.82) is 0 Å². The van der Waals surface area contributed by atoms with Gasteiger partial charge in [0.15, 0.2) is 0 Å². The van der Waals surface area contributed by atoms with Crippen molar-refractivity contribution in [3.8, 4) is 11.3 Å². The first-order chi connectivity index (χ1) is 8.74. The summed E-state index contributed by atoms with van der Waals surface area (Å²) in [6.07, 6.45) is 1.58. The van der Waals surface area contributed by atoms with Crippen molar-refractivity contribution < 1.29 is 0 Å². The van der Waals surface area contributed by atoms with Gasteiger partial charge in [0.1, 0.15) is 5.15 Å². The quantitative estimate of drug-likeness (QED) is 0.498. The lowest BCUT2D eigenvalue weighted by molar-refractivity contribution is 1.16. The van der Waals surface area contributed by atoms with E-state index in [-0.39, 0.29) is 5.28 Å². The highest BCUT2D eigenvalue weighted by Gasteiger charge is 2.08. The summed E-state index contributed by atoms with van der Waals surface area (Å²) in [7, 11) is 0. The Labute approximate surface area is 113 Å². The van der Waals surface area contributed by atoms with Crippen LogP contribution in [-0.4, -0.2) is 15.0 Å². The highest BCUT2D eigenvalue weighted by Crippen LogP contribution is 2.26. The summed E-state index contributed by atoms with van der Waals surface area (Å²) in [4.78, 5) is 12.4. The maximum absolute atomic E-state index is 6.04. The fourth-order valence-corrected chi connectivity index (χ4v) is 2.13. The van der Waals surface area contributed by atoms with Crippen LogP contribution in [0.1, 0.15) is 0 Å². The molecule has 1 aromatic carbocycles. The fourth-order valence-electron chi connectivity index (χ4n) is 1.73. The number of pyridine rings is 1. The molecule has 3 nitrogen and oxygen atoms in total. The second kappa shape index (κ2) is 4.52. The number of aromatic nitrogens is 3. The maximum atomic E-state index is 6.04.